The number of hydrogen-bond acceptors (Lipinski definition) is 3. The van der Waals surface area contributed by atoms with Crippen LogP contribution in [0.2, 0.25) is 0 Å². The second-order valence-corrected chi connectivity index (χ2v) is 3.25. The lowest BCUT2D eigenvalue weighted by atomic mass is 10.4. The Hall–Kier alpha value is 0.160. The number of methoxy groups -OCH3 is 1. The molecule has 0 heterocycles. The maximum absolute atomic E-state index is 10.7. The Balaban J connectivity index is 3.72. The number of carbonyl (C=O) groups is 1. The molecule has 0 amide bonds. The summed E-state index contributed by atoms with van der Waals surface area (Å²) in [6, 6.07) is -0.157. The van der Waals surface area contributed by atoms with Crippen molar-refractivity contribution in [2.75, 3.05) is 14.2 Å². The molecule has 3 nitrogen and oxygen atoms in total. The lowest BCUT2D eigenvalue weighted by molar-refractivity contribution is -0.143. The van der Waals surface area contributed by atoms with Crippen molar-refractivity contribution in [2.24, 2.45) is 0 Å². The number of esters is 1. The summed E-state index contributed by atoms with van der Waals surface area (Å²) in [6.45, 7) is 1.79. The minimum atomic E-state index is -0.202. The van der Waals surface area contributed by atoms with Crippen molar-refractivity contribution in [3.63, 3.8) is 0 Å². The molecule has 0 saturated heterocycles. The first-order valence-corrected chi connectivity index (χ1v) is 3.52. The van der Waals surface area contributed by atoms with Crippen molar-refractivity contribution in [3.8, 4) is 0 Å². The van der Waals surface area contributed by atoms with Crippen molar-refractivity contribution in [3.05, 3.63) is 0 Å². The van der Waals surface area contributed by atoms with E-state index in [1.807, 2.05) is 29.9 Å². The van der Waals surface area contributed by atoms with E-state index in [1.54, 1.807) is 10.0 Å². The molecule has 0 saturated carbocycles. The Morgan fingerprint density at radius 1 is 1.78 bits per heavy atom. The van der Waals surface area contributed by atoms with E-state index in [0.717, 1.165) is 0 Å². The van der Waals surface area contributed by atoms with Gasteiger partial charge in [0.25, 0.3) is 0 Å². The van der Waals surface area contributed by atoms with Gasteiger partial charge in [0, 0.05) is 22.9 Å². The zero-order chi connectivity index (χ0) is 7.44. The van der Waals surface area contributed by atoms with Crippen LogP contribution in [-0.2, 0) is 9.53 Å². The van der Waals surface area contributed by atoms with Gasteiger partial charge in [0.15, 0.2) is 0 Å². The van der Waals surface area contributed by atoms with E-state index in [2.05, 4.69) is 4.74 Å². The van der Waals surface area contributed by atoms with Gasteiger partial charge in [-0.2, -0.15) is 0 Å². The van der Waals surface area contributed by atoms with Crippen LogP contribution >= 0.6 is 22.9 Å². The standard InChI is InChI=1S/C5H10INO2/c1-4(7(2)6)5(8)9-3/h4H,1-3H3. The number of hydrogen-bond donors (Lipinski definition) is 0. The number of nitrogens with zero attached hydrogens (tertiary/aromatic N) is 1. The van der Waals surface area contributed by atoms with Crippen LogP contribution in [0.3, 0.4) is 0 Å². The lowest BCUT2D eigenvalue weighted by Crippen LogP contribution is -2.29. The van der Waals surface area contributed by atoms with Gasteiger partial charge in [-0.05, 0) is 14.0 Å². The van der Waals surface area contributed by atoms with E-state index in [4.69, 9.17) is 0 Å². The molecule has 0 aliphatic heterocycles. The third kappa shape index (κ3) is 3.00. The SMILES string of the molecule is COC(=O)C(C)N(C)I. The monoisotopic (exact) mass is 243 g/mol. The molecule has 1 atom stereocenters. The fourth-order valence-electron chi connectivity index (χ4n) is 0.316. The molecule has 0 fully saturated rings. The number of carbonyl (C=O) groups excluding carboxylic acids is 1. The van der Waals surface area contributed by atoms with Gasteiger partial charge in [0.2, 0.25) is 0 Å². The third-order valence-corrected chi connectivity index (χ3v) is 1.91. The smallest absolute Gasteiger partial charge is 0.323 e. The number of rotatable bonds is 2. The number of halogens is 1. The first-order chi connectivity index (χ1) is 4.09. The maximum atomic E-state index is 10.7. The van der Waals surface area contributed by atoms with Crippen LogP contribution in [-0.4, -0.2) is 29.3 Å². The fraction of sp³-hybridized carbons (Fsp3) is 0.800. The first kappa shape index (κ1) is 9.16. The predicted octanol–water partition coefficient (Wildman–Crippen LogP) is 0.830. The number of ether oxygens (including phenoxy) is 1. The van der Waals surface area contributed by atoms with Gasteiger partial charge in [-0.3, -0.25) is 4.79 Å². The molecule has 0 spiro atoms. The summed E-state index contributed by atoms with van der Waals surface area (Å²) in [6.07, 6.45) is 0. The Labute approximate surface area is 68.9 Å². The third-order valence-electron chi connectivity index (χ3n) is 1.08. The van der Waals surface area contributed by atoms with Crippen LogP contribution in [0.5, 0.6) is 0 Å². The summed E-state index contributed by atoms with van der Waals surface area (Å²) in [7, 11) is 3.21. The average molecular weight is 243 g/mol. The van der Waals surface area contributed by atoms with Crippen molar-refractivity contribution < 1.29 is 9.53 Å². The van der Waals surface area contributed by atoms with Gasteiger partial charge in [-0.1, -0.05) is 0 Å². The van der Waals surface area contributed by atoms with Crippen molar-refractivity contribution in [2.45, 2.75) is 13.0 Å². The van der Waals surface area contributed by atoms with Gasteiger partial charge >= 0.3 is 5.97 Å². The first-order valence-electron chi connectivity index (χ1n) is 2.56. The van der Waals surface area contributed by atoms with Crippen LogP contribution in [0.15, 0.2) is 0 Å². The molecule has 9 heavy (non-hydrogen) atoms. The van der Waals surface area contributed by atoms with E-state index in [0.29, 0.717) is 0 Å². The van der Waals surface area contributed by atoms with Gasteiger partial charge in [0.1, 0.15) is 6.04 Å². The van der Waals surface area contributed by atoms with Gasteiger partial charge in [-0.15, -0.1) is 0 Å². The van der Waals surface area contributed by atoms with E-state index < -0.39 is 0 Å². The molecular weight excluding hydrogens is 233 g/mol. The molecule has 0 aliphatic rings. The maximum Gasteiger partial charge on any atom is 0.323 e. The molecule has 0 aromatic rings. The quantitative estimate of drug-likeness (QED) is 0.408. The summed E-state index contributed by atoms with van der Waals surface area (Å²) in [5.41, 5.74) is 0. The summed E-state index contributed by atoms with van der Waals surface area (Å²) in [4.78, 5) is 10.7. The molecule has 0 aromatic carbocycles. The molecule has 0 radical (unpaired) electrons. The van der Waals surface area contributed by atoms with Gasteiger partial charge < -0.3 is 4.74 Å². The van der Waals surface area contributed by atoms with Crippen molar-refractivity contribution in [1.29, 1.82) is 0 Å². The molecule has 1 unspecified atom stereocenters. The molecule has 4 heteroatoms. The lowest BCUT2D eigenvalue weighted by Gasteiger charge is -2.13. The fourth-order valence-corrected chi connectivity index (χ4v) is 0.543. The van der Waals surface area contributed by atoms with E-state index in [9.17, 15) is 4.79 Å². The summed E-state index contributed by atoms with van der Waals surface area (Å²) in [5.74, 6) is -0.202. The van der Waals surface area contributed by atoms with E-state index >= 15 is 0 Å². The van der Waals surface area contributed by atoms with Gasteiger partial charge in [-0.25, -0.2) is 3.11 Å². The Kier molecular flexibility index (Phi) is 4.12. The molecular formula is C5H10INO2. The Bertz CT molecular complexity index is 105. The molecule has 0 bridgehead atoms. The van der Waals surface area contributed by atoms with Crippen LogP contribution in [0.1, 0.15) is 6.92 Å². The zero-order valence-electron chi connectivity index (χ0n) is 5.72. The van der Waals surface area contributed by atoms with Crippen LogP contribution < -0.4 is 0 Å². The molecule has 54 valence electrons. The van der Waals surface area contributed by atoms with Gasteiger partial charge in [0.05, 0.1) is 7.11 Å². The highest BCUT2D eigenvalue weighted by Crippen LogP contribution is 2.02. The largest absolute Gasteiger partial charge is 0.468 e. The topological polar surface area (TPSA) is 29.5 Å². The summed E-state index contributed by atoms with van der Waals surface area (Å²) in [5, 5.41) is 0. The summed E-state index contributed by atoms with van der Waals surface area (Å²) >= 11 is 2.04. The second kappa shape index (κ2) is 4.05. The zero-order valence-corrected chi connectivity index (χ0v) is 7.88. The molecule has 0 aliphatic carbocycles. The van der Waals surface area contributed by atoms with Crippen molar-refractivity contribution >= 4 is 28.8 Å². The Morgan fingerprint density at radius 2 is 2.22 bits per heavy atom. The van der Waals surface area contributed by atoms with Crippen LogP contribution in [0.25, 0.3) is 0 Å². The molecule has 0 rings (SSSR count). The van der Waals surface area contributed by atoms with Crippen LogP contribution in [0, 0.1) is 0 Å². The average Bonchev–Trinajstić information content (AvgIpc) is 1.84. The normalized spacial score (nSPS) is 13.4. The Morgan fingerprint density at radius 3 is 2.33 bits per heavy atom. The predicted molar refractivity (Wildman–Crippen MR) is 43.3 cm³/mol. The highest BCUT2D eigenvalue weighted by atomic mass is 127. The highest BCUT2D eigenvalue weighted by Gasteiger charge is 2.15. The molecule has 0 N–H and O–H groups in total. The molecule has 0 aromatic heterocycles. The minimum absolute atomic E-state index is 0.157. The minimum Gasteiger partial charge on any atom is -0.468 e. The highest BCUT2D eigenvalue weighted by molar-refractivity contribution is 14.1. The summed E-state index contributed by atoms with van der Waals surface area (Å²) < 4.78 is 6.26. The number of likely N-dealkylation sites (N-methyl/N-ethyl adjacent to an activating group) is 1. The van der Waals surface area contributed by atoms with Crippen molar-refractivity contribution in [1.82, 2.24) is 3.11 Å². The van der Waals surface area contributed by atoms with Crippen LogP contribution in [0.4, 0.5) is 0 Å². The van der Waals surface area contributed by atoms with E-state index in [-0.39, 0.29) is 12.0 Å². The van der Waals surface area contributed by atoms with E-state index in [1.165, 1.54) is 7.11 Å². The second-order valence-electron chi connectivity index (χ2n) is 1.72.